The highest BCUT2D eigenvalue weighted by Gasteiger charge is 2.39. The van der Waals surface area contributed by atoms with Crippen molar-refractivity contribution in [1.29, 1.82) is 0 Å². The van der Waals surface area contributed by atoms with Crippen LogP contribution in [0.3, 0.4) is 0 Å². The molecule has 0 aliphatic carbocycles. The van der Waals surface area contributed by atoms with Gasteiger partial charge < -0.3 is 14.8 Å². The van der Waals surface area contributed by atoms with Crippen LogP contribution in [0.4, 0.5) is 0 Å². The van der Waals surface area contributed by atoms with Gasteiger partial charge in [0.15, 0.2) is 5.11 Å². The first-order valence-electron chi connectivity index (χ1n) is 9.74. The highest BCUT2D eigenvalue weighted by atomic mass is 32.1. The molecule has 1 saturated heterocycles. The van der Waals surface area contributed by atoms with E-state index in [0.29, 0.717) is 0 Å². The predicted octanol–water partition coefficient (Wildman–Crippen LogP) is 4.65. The van der Waals surface area contributed by atoms with Crippen molar-refractivity contribution in [3.8, 4) is 5.69 Å². The van der Waals surface area contributed by atoms with Crippen LogP contribution in [0.15, 0.2) is 54.7 Å². The fourth-order valence-corrected chi connectivity index (χ4v) is 4.57. The van der Waals surface area contributed by atoms with E-state index in [4.69, 9.17) is 12.2 Å². The van der Waals surface area contributed by atoms with Gasteiger partial charge in [-0.3, -0.25) is 4.98 Å². The fraction of sp³-hybridized carbons (Fsp3) is 0.304. The number of rotatable bonds is 4. The summed E-state index contributed by atoms with van der Waals surface area (Å²) in [4.78, 5) is 6.75. The van der Waals surface area contributed by atoms with Gasteiger partial charge in [-0.15, -0.1) is 0 Å². The van der Waals surface area contributed by atoms with Gasteiger partial charge in [0.1, 0.15) is 0 Å². The van der Waals surface area contributed by atoms with Crippen LogP contribution in [-0.2, 0) is 6.42 Å². The number of benzene rings is 1. The Hall–Kier alpha value is -2.66. The van der Waals surface area contributed by atoms with E-state index >= 15 is 0 Å². The minimum Gasteiger partial charge on any atom is -0.352 e. The van der Waals surface area contributed by atoms with Crippen molar-refractivity contribution < 1.29 is 0 Å². The molecule has 0 amide bonds. The van der Waals surface area contributed by atoms with Crippen LogP contribution in [-0.4, -0.2) is 26.6 Å². The number of aromatic nitrogens is 2. The first kappa shape index (κ1) is 18.7. The van der Waals surface area contributed by atoms with Crippen molar-refractivity contribution in [2.45, 2.75) is 39.3 Å². The van der Waals surface area contributed by atoms with E-state index in [1.807, 2.05) is 18.3 Å². The van der Waals surface area contributed by atoms with Crippen molar-refractivity contribution in [1.82, 2.24) is 19.8 Å². The van der Waals surface area contributed by atoms with Gasteiger partial charge in [-0.2, -0.15) is 0 Å². The second kappa shape index (κ2) is 7.40. The lowest BCUT2D eigenvalue weighted by Gasteiger charge is -2.24. The van der Waals surface area contributed by atoms with Crippen LogP contribution in [0.25, 0.3) is 5.69 Å². The Morgan fingerprint density at radius 1 is 1.11 bits per heavy atom. The second-order valence-electron chi connectivity index (χ2n) is 7.38. The monoisotopic (exact) mass is 390 g/mol. The van der Waals surface area contributed by atoms with Crippen molar-refractivity contribution >= 4 is 17.3 Å². The number of nitrogens with zero attached hydrogens (tertiary/aromatic N) is 3. The van der Waals surface area contributed by atoms with Crippen molar-refractivity contribution in [3.05, 3.63) is 82.9 Å². The van der Waals surface area contributed by atoms with Gasteiger partial charge >= 0.3 is 0 Å². The van der Waals surface area contributed by atoms with Gasteiger partial charge in [0.05, 0.1) is 17.8 Å². The van der Waals surface area contributed by atoms with E-state index in [1.54, 1.807) is 0 Å². The predicted molar refractivity (Wildman–Crippen MR) is 118 cm³/mol. The topological polar surface area (TPSA) is 33.1 Å². The number of hydrogen-bond donors (Lipinski definition) is 1. The molecule has 28 heavy (non-hydrogen) atoms. The van der Waals surface area contributed by atoms with Gasteiger partial charge in [0, 0.05) is 30.3 Å². The lowest BCUT2D eigenvalue weighted by atomic mass is 9.97. The minimum absolute atomic E-state index is 0.0362. The van der Waals surface area contributed by atoms with Crippen molar-refractivity contribution in [2.24, 2.45) is 0 Å². The molecule has 0 spiro atoms. The van der Waals surface area contributed by atoms with E-state index in [0.717, 1.165) is 17.2 Å². The number of pyridine rings is 1. The molecular formula is C23H26N4S. The van der Waals surface area contributed by atoms with Gasteiger partial charge in [0.25, 0.3) is 0 Å². The van der Waals surface area contributed by atoms with E-state index in [2.05, 4.69) is 84.0 Å². The quantitative estimate of drug-likeness (QED) is 0.657. The summed E-state index contributed by atoms with van der Waals surface area (Å²) in [5.41, 5.74) is 7.40. The number of hydrogen-bond acceptors (Lipinski definition) is 2. The second-order valence-corrected chi connectivity index (χ2v) is 7.77. The molecule has 3 aromatic rings. The molecule has 2 atom stereocenters. The fourth-order valence-electron chi connectivity index (χ4n) is 4.33. The maximum Gasteiger partial charge on any atom is 0.169 e. The number of likely N-dealkylation sites (N-methyl/N-ethyl adjacent to an activating group) is 1. The molecule has 3 heterocycles. The van der Waals surface area contributed by atoms with E-state index in [-0.39, 0.29) is 12.1 Å². The van der Waals surface area contributed by atoms with Gasteiger partial charge in [0.2, 0.25) is 0 Å². The van der Waals surface area contributed by atoms with Crippen molar-refractivity contribution in [2.75, 3.05) is 7.05 Å². The summed E-state index contributed by atoms with van der Waals surface area (Å²) in [6.45, 7) is 6.59. The molecule has 4 nitrogen and oxygen atoms in total. The van der Waals surface area contributed by atoms with Crippen LogP contribution < -0.4 is 5.32 Å². The molecule has 1 N–H and O–H groups in total. The third-order valence-corrected chi connectivity index (χ3v) is 6.15. The Bertz CT molecular complexity index is 1010. The Morgan fingerprint density at radius 2 is 1.86 bits per heavy atom. The number of nitrogens with one attached hydrogen (secondary N) is 1. The van der Waals surface area contributed by atoms with E-state index in [9.17, 15) is 0 Å². The largest absolute Gasteiger partial charge is 0.352 e. The average molecular weight is 391 g/mol. The first-order valence-corrected chi connectivity index (χ1v) is 10.1. The van der Waals surface area contributed by atoms with E-state index in [1.165, 1.54) is 28.2 Å². The van der Waals surface area contributed by atoms with Gasteiger partial charge in [-0.25, -0.2) is 0 Å². The standard InChI is InChI=1S/C23H26N4S/c1-5-17-10-6-7-12-20(17)27-15(2)14-18(16(27)3)22-21(25-23(28)26(22)4)19-11-8-9-13-24-19/h6-14,21-22H,5H2,1-4H3,(H,25,28). The van der Waals surface area contributed by atoms with Crippen LogP contribution in [0.5, 0.6) is 0 Å². The molecule has 0 saturated carbocycles. The molecule has 0 bridgehead atoms. The van der Waals surface area contributed by atoms with Crippen LogP contribution >= 0.6 is 12.2 Å². The summed E-state index contributed by atoms with van der Waals surface area (Å²) in [6.07, 6.45) is 2.85. The molecule has 2 unspecified atom stereocenters. The molecule has 1 aliphatic heterocycles. The molecular weight excluding hydrogens is 364 g/mol. The maximum absolute atomic E-state index is 5.59. The number of thiocarbonyl (C=S) groups is 1. The number of aryl methyl sites for hydroxylation is 2. The first-order chi connectivity index (χ1) is 13.5. The highest BCUT2D eigenvalue weighted by Crippen LogP contribution is 2.40. The molecule has 4 rings (SSSR count). The summed E-state index contributed by atoms with van der Waals surface area (Å²) in [5.74, 6) is 0. The van der Waals surface area contributed by atoms with Crippen LogP contribution in [0.2, 0.25) is 0 Å². The summed E-state index contributed by atoms with van der Waals surface area (Å²) in [5, 5.41) is 4.24. The molecule has 5 heteroatoms. The molecule has 1 aromatic carbocycles. The normalized spacial score (nSPS) is 19.1. The highest BCUT2D eigenvalue weighted by molar-refractivity contribution is 7.80. The van der Waals surface area contributed by atoms with Crippen LogP contribution in [0.1, 0.15) is 47.2 Å². The molecule has 144 valence electrons. The Balaban J connectivity index is 1.84. The maximum atomic E-state index is 5.59. The Morgan fingerprint density at radius 3 is 2.57 bits per heavy atom. The van der Waals surface area contributed by atoms with Gasteiger partial charge in [-0.1, -0.05) is 31.2 Å². The zero-order chi connectivity index (χ0) is 19.8. The molecule has 0 radical (unpaired) electrons. The lowest BCUT2D eigenvalue weighted by molar-refractivity contribution is 0.367. The third kappa shape index (κ3) is 3.00. The van der Waals surface area contributed by atoms with Gasteiger partial charge in [-0.05, 0) is 67.9 Å². The summed E-state index contributed by atoms with van der Waals surface area (Å²) in [6, 6.07) is 17.1. The SMILES string of the molecule is CCc1ccccc1-n1c(C)cc(C2C(c3ccccn3)NC(=S)N2C)c1C. The molecule has 1 fully saturated rings. The third-order valence-electron chi connectivity index (χ3n) is 5.74. The Kier molecular flexibility index (Phi) is 4.94. The lowest BCUT2D eigenvalue weighted by Crippen LogP contribution is -2.25. The smallest absolute Gasteiger partial charge is 0.169 e. The molecule has 2 aromatic heterocycles. The summed E-state index contributed by atoms with van der Waals surface area (Å²) < 4.78 is 2.37. The zero-order valence-corrected chi connectivity index (χ0v) is 17.6. The molecule has 1 aliphatic rings. The van der Waals surface area contributed by atoms with Crippen LogP contribution in [0, 0.1) is 13.8 Å². The van der Waals surface area contributed by atoms with Crippen molar-refractivity contribution in [3.63, 3.8) is 0 Å². The van der Waals surface area contributed by atoms with E-state index < -0.39 is 0 Å². The Labute approximate surface area is 172 Å². The number of para-hydroxylation sites is 1. The summed E-state index contributed by atoms with van der Waals surface area (Å²) in [7, 11) is 2.06. The zero-order valence-electron chi connectivity index (χ0n) is 16.8. The summed E-state index contributed by atoms with van der Waals surface area (Å²) >= 11 is 5.59. The average Bonchev–Trinajstić information content (AvgIpc) is 3.17. The minimum atomic E-state index is 0.0362.